The van der Waals surface area contributed by atoms with E-state index in [0.717, 1.165) is 0 Å². The molecule has 8 nitrogen and oxygen atoms in total. The van der Waals surface area contributed by atoms with Crippen molar-refractivity contribution in [1.29, 1.82) is 5.26 Å². The standard InChI is InChI=1S/C21H20N4O4/c22-13-14-3-5-15(6-4-14)23-19(26)16-12-17(16)20(27)24-7-9-25(10-8-24)21(28)18-2-1-11-29-18/h1-6,11,16-17H,7-10,12H2,(H,23,26). The molecule has 148 valence electrons. The molecular formula is C21H20N4O4. The first-order valence-electron chi connectivity index (χ1n) is 9.49. The van der Waals surface area contributed by atoms with Crippen molar-refractivity contribution < 1.29 is 18.8 Å². The van der Waals surface area contributed by atoms with E-state index in [4.69, 9.17) is 9.68 Å². The van der Waals surface area contributed by atoms with Crippen molar-refractivity contribution >= 4 is 23.4 Å². The van der Waals surface area contributed by atoms with E-state index in [-0.39, 0.29) is 29.6 Å². The third-order valence-corrected chi connectivity index (χ3v) is 5.34. The molecule has 2 unspecified atom stereocenters. The number of amides is 3. The van der Waals surface area contributed by atoms with Gasteiger partial charge in [-0.05, 0) is 42.8 Å². The number of carbonyl (C=O) groups excluding carboxylic acids is 3. The predicted octanol–water partition coefficient (Wildman–Crippen LogP) is 1.71. The van der Waals surface area contributed by atoms with Crippen LogP contribution < -0.4 is 5.32 Å². The molecule has 2 heterocycles. The van der Waals surface area contributed by atoms with Gasteiger partial charge in [0.05, 0.1) is 29.7 Å². The third-order valence-electron chi connectivity index (χ3n) is 5.34. The molecule has 1 aliphatic carbocycles. The van der Waals surface area contributed by atoms with Crippen LogP contribution in [-0.2, 0) is 9.59 Å². The van der Waals surface area contributed by atoms with E-state index in [2.05, 4.69) is 5.32 Å². The van der Waals surface area contributed by atoms with Crippen molar-refractivity contribution in [3.63, 3.8) is 0 Å². The highest BCUT2D eigenvalue weighted by atomic mass is 16.3. The molecule has 1 aromatic heterocycles. The maximum Gasteiger partial charge on any atom is 0.289 e. The molecule has 1 N–H and O–H groups in total. The zero-order valence-electron chi connectivity index (χ0n) is 15.7. The van der Waals surface area contributed by atoms with Gasteiger partial charge in [0.1, 0.15) is 0 Å². The van der Waals surface area contributed by atoms with Crippen LogP contribution in [0.5, 0.6) is 0 Å². The molecule has 1 saturated carbocycles. The molecule has 1 aliphatic heterocycles. The Morgan fingerprint density at radius 3 is 2.31 bits per heavy atom. The highest BCUT2D eigenvalue weighted by Gasteiger charge is 2.49. The Bertz CT molecular complexity index is 954. The van der Waals surface area contributed by atoms with E-state index < -0.39 is 0 Å². The number of anilines is 1. The van der Waals surface area contributed by atoms with Gasteiger partial charge in [-0.1, -0.05) is 0 Å². The molecule has 1 aromatic carbocycles. The molecule has 0 spiro atoms. The summed E-state index contributed by atoms with van der Waals surface area (Å²) in [6, 6.07) is 11.9. The highest BCUT2D eigenvalue weighted by molar-refractivity contribution is 5.99. The summed E-state index contributed by atoms with van der Waals surface area (Å²) in [7, 11) is 0. The third kappa shape index (κ3) is 3.99. The van der Waals surface area contributed by atoms with E-state index in [9.17, 15) is 14.4 Å². The molecule has 2 fully saturated rings. The summed E-state index contributed by atoms with van der Waals surface area (Å²) in [6.07, 6.45) is 2.00. The summed E-state index contributed by atoms with van der Waals surface area (Å²) in [5.41, 5.74) is 1.13. The second-order valence-corrected chi connectivity index (χ2v) is 7.22. The SMILES string of the molecule is N#Cc1ccc(NC(=O)C2CC2C(=O)N2CCN(C(=O)c3ccco3)CC2)cc1. The Morgan fingerprint density at radius 2 is 1.69 bits per heavy atom. The minimum atomic E-state index is -0.332. The second kappa shape index (κ2) is 7.80. The van der Waals surface area contributed by atoms with Gasteiger partial charge >= 0.3 is 0 Å². The lowest BCUT2D eigenvalue weighted by atomic mass is 10.2. The van der Waals surface area contributed by atoms with Crippen LogP contribution in [0.2, 0.25) is 0 Å². The average molecular weight is 392 g/mol. The number of hydrogen-bond acceptors (Lipinski definition) is 5. The summed E-state index contributed by atoms with van der Waals surface area (Å²) in [4.78, 5) is 40.8. The number of nitrogens with one attached hydrogen (secondary N) is 1. The van der Waals surface area contributed by atoms with Crippen LogP contribution in [0.15, 0.2) is 47.1 Å². The van der Waals surface area contributed by atoms with Crippen LogP contribution >= 0.6 is 0 Å². The monoisotopic (exact) mass is 392 g/mol. The van der Waals surface area contributed by atoms with Crippen molar-refractivity contribution in [2.24, 2.45) is 11.8 Å². The smallest absolute Gasteiger partial charge is 0.289 e. The van der Waals surface area contributed by atoms with Crippen molar-refractivity contribution in [3.05, 3.63) is 54.0 Å². The first kappa shape index (κ1) is 18.7. The molecule has 2 aliphatic rings. The minimum absolute atomic E-state index is 0.0323. The van der Waals surface area contributed by atoms with Gasteiger partial charge in [0, 0.05) is 31.9 Å². The minimum Gasteiger partial charge on any atom is -0.459 e. The summed E-state index contributed by atoms with van der Waals surface area (Å²) in [5, 5.41) is 11.6. The number of hydrogen-bond donors (Lipinski definition) is 1. The number of furan rings is 1. The van der Waals surface area contributed by atoms with E-state index in [1.54, 1.807) is 46.2 Å². The van der Waals surface area contributed by atoms with E-state index in [1.807, 2.05) is 6.07 Å². The molecule has 1 saturated heterocycles. The van der Waals surface area contributed by atoms with Crippen LogP contribution in [-0.4, -0.2) is 53.7 Å². The van der Waals surface area contributed by atoms with Gasteiger partial charge in [0.15, 0.2) is 5.76 Å². The average Bonchev–Trinajstić information content (AvgIpc) is 3.38. The lowest BCUT2D eigenvalue weighted by molar-refractivity contribution is -0.135. The number of piperazine rings is 1. The van der Waals surface area contributed by atoms with E-state index in [1.165, 1.54) is 6.26 Å². The maximum absolute atomic E-state index is 12.7. The first-order valence-corrected chi connectivity index (χ1v) is 9.49. The topological polar surface area (TPSA) is 107 Å². The Hall–Kier alpha value is -3.60. The molecule has 8 heteroatoms. The zero-order chi connectivity index (χ0) is 20.4. The zero-order valence-corrected chi connectivity index (χ0v) is 15.7. The number of nitrogens with zero attached hydrogens (tertiary/aromatic N) is 3. The number of benzene rings is 1. The van der Waals surface area contributed by atoms with Crippen molar-refractivity contribution in [1.82, 2.24) is 9.80 Å². The van der Waals surface area contributed by atoms with Gasteiger partial charge in [-0.3, -0.25) is 14.4 Å². The fourth-order valence-corrected chi connectivity index (χ4v) is 3.54. The Balaban J connectivity index is 1.26. The summed E-state index contributed by atoms with van der Waals surface area (Å²) in [6.45, 7) is 1.79. The molecule has 2 aromatic rings. The van der Waals surface area contributed by atoms with Crippen molar-refractivity contribution in [2.75, 3.05) is 31.5 Å². The second-order valence-electron chi connectivity index (χ2n) is 7.22. The Kier molecular flexibility index (Phi) is 5.04. The van der Waals surface area contributed by atoms with Crippen LogP contribution in [0.1, 0.15) is 22.5 Å². The number of carbonyl (C=O) groups is 3. The van der Waals surface area contributed by atoms with Crippen molar-refractivity contribution in [3.8, 4) is 6.07 Å². The van der Waals surface area contributed by atoms with Crippen LogP contribution in [0.25, 0.3) is 0 Å². The fraction of sp³-hybridized carbons (Fsp3) is 0.333. The van der Waals surface area contributed by atoms with Gasteiger partial charge in [-0.25, -0.2) is 0 Å². The largest absolute Gasteiger partial charge is 0.459 e. The summed E-state index contributed by atoms with van der Waals surface area (Å²) in [5.74, 6) is -0.726. The quantitative estimate of drug-likeness (QED) is 0.852. The summed E-state index contributed by atoms with van der Waals surface area (Å²) < 4.78 is 5.14. The van der Waals surface area contributed by atoms with Gasteiger partial charge in [-0.15, -0.1) is 0 Å². The Labute approximate surface area is 167 Å². The summed E-state index contributed by atoms with van der Waals surface area (Å²) >= 11 is 0. The molecule has 4 rings (SSSR count). The van der Waals surface area contributed by atoms with Gasteiger partial charge in [0.2, 0.25) is 11.8 Å². The normalized spacial score (nSPS) is 20.7. The molecule has 0 radical (unpaired) electrons. The molecule has 0 bridgehead atoms. The van der Waals surface area contributed by atoms with E-state index in [0.29, 0.717) is 49.6 Å². The lowest BCUT2D eigenvalue weighted by Gasteiger charge is -2.34. The highest BCUT2D eigenvalue weighted by Crippen LogP contribution is 2.41. The number of nitriles is 1. The van der Waals surface area contributed by atoms with Crippen LogP contribution in [0.3, 0.4) is 0 Å². The van der Waals surface area contributed by atoms with Crippen molar-refractivity contribution in [2.45, 2.75) is 6.42 Å². The van der Waals surface area contributed by atoms with Gasteiger partial charge in [0.25, 0.3) is 5.91 Å². The lowest BCUT2D eigenvalue weighted by Crippen LogP contribution is -2.51. The predicted molar refractivity (Wildman–Crippen MR) is 103 cm³/mol. The maximum atomic E-state index is 12.7. The van der Waals surface area contributed by atoms with Crippen LogP contribution in [0.4, 0.5) is 5.69 Å². The van der Waals surface area contributed by atoms with E-state index >= 15 is 0 Å². The molecule has 3 amide bonds. The van der Waals surface area contributed by atoms with Crippen LogP contribution in [0, 0.1) is 23.2 Å². The fourth-order valence-electron chi connectivity index (χ4n) is 3.54. The first-order chi connectivity index (χ1) is 14.1. The van der Waals surface area contributed by atoms with Gasteiger partial charge in [-0.2, -0.15) is 5.26 Å². The molecule has 2 atom stereocenters. The molecule has 29 heavy (non-hydrogen) atoms. The molecular weight excluding hydrogens is 372 g/mol. The number of rotatable bonds is 4. The van der Waals surface area contributed by atoms with Gasteiger partial charge < -0.3 is 19.5 Å². The Morgan fingerprint density at radius 1 is 1.00 bits per heavy atom.